The second kappa shape index (κ2) is 4.80. The van der Waals surface area contributed by atoms with E-state index in [1.165, 1.54) is 11.1 Å². The maximum absolute atomic E-state index is 12.3. The van der Waals surface area contributed by atoms with E-state index in [0.29, 0.717) is 24.7 Å². The standard InChI is InChI=1S/C18H23NO3/c1-21-14-4-3-12-9-16-18(22-2)6-5-13(20)11-17(18,7-8-19-16)15(12)10-14/h3-4,10,16,19H,5-9,11H2,1-2H3/t16-,17-,18-/m1/s1. The van der Waals surface area contributed by atoms with E-state index in [9.17, 15) is 4.79 Å². The van der Waals surface area contributed by atoms with E-state index in [1.807, 2.05) is 13.2 Å². The fraction of sp³-hybridized carbons (Fsp3) is 0.611. The van der Waals surface area contributed by atoms with E-state index in [-0.39, 0.29) is 11.0 Å². The highest BCUT2D eigenvalue weighted by molar-refractivity contribution is 5.82. The summed E-state index contributed by atoms with van der Waals surface area (Å²) in [6.45, 7) is 0.944. The number of hydrogen-bond acceptors (Lipinski definition) is 4. The molecule has 4 nitrogen and oxygen atoms in total. The second-order valence-corrected chi connectivity index (χ2v) is 6.88. The number of hydrogen-bond donors (Lipinski definition) is 1. The molecule has 2 fully saturated rings. The summed E-state index contributed by atoms with van der Waals surface area (Å²) in [6, 6.07) is 6.62. The SMILES string of the molecule is COc1ccc2c(c1)[C@]13CCN[C@H](C2)[C@]1(OC)CCC(=O)C3. The van der Waals surface area contributed by atoms with Crippen LogP contribution in [0.5, 0.6) is 5.75 Å². The first-order valence-electron chi connectivity index (χ1n) is 8.13. The Morgan fingerprint density at radius 2 is 2.14 bits per heavy atom. The summed E-state index contributed by atoms with van der Waals surface area (Å²) in [5.41, 5.74) is 2.15. The predicted molar refractivity (Wildman–Crippen MR) is 83.4 cm³/mol. The molecule has 0 radical (unpaired) electrons. The van der Waals surface area contributed by atoms with Crippen LogP contribution in [0.3, 0.4) is 0 Å². The third-order valence-electron chi connectivity index (χ3n) is 6.21. The Bertz CT molecular complexity index is 629. The number of benzene rings is 1. The quantitative estimate of drug-likeness (QED) is 0.907. The Balaban J connectivity index is 1.96. The van der Waals surface area contributed by atoms with E-state index in [0.717, 1.165) is 31.6 Å². The molecular formula is C18H23NO3. The van der Waals surface area contributed by atoms with Crippen LogP contribution in [-0.2, 0) is 21.4 Å². The summed E-state index contributed by atoms with van der Waals surface area (Å²) in [5.74, 6) is 1.23. The minimum absolute atomic E-state index is 0.199. The van der Waals surface area contributed by atoms with E-state index in [2.05, 4.69) is 17.4 Å². The third kappa shape index (κ3) is 1.62. The van der Waals surface area contributed by atoms with Gasteiger partial charge in [0.25, 0.3) is 0 Å². The zero-order valence-corrected chi connectivity index (χ0v) is 13.3. The van der Waals surface area contributed by atoms with Gasteiger partial charge in [-0.2, -0.15) is 0 Å². The Hall–Kier alpha value is -1.39. The lowest BCUT2D eigenvalue weighted by molar-refractivity contribution is -0.161. The van der Waals surface area contributed by atoms with Crippen molar-refractivity contribution in [2.45, 2.75) is 49.2 Å². The van der Waals surface area contributed by atoms with Crippen molar-refractivity contribution in [3.8, 4) is 5.75 Å². The minimum Gasteiger partial charge on any atom is -0.497 e. The van der Waals surface area contributed by atoms with Gasteiger partial charge in [-0.25, -0.2) is 0 Å². The number of carbonyl (C=O) groups is 1. The number of carbonyl (C=O) groups excluding carboxylic acids is 1. The number of fused-ring (bicyclic) bond motifs is 1. The molecule has 2 aliphatic carbocycles. The van der Waals surface area contributed by atoms with Crippen LogP contribution < -0.4 is 10.1 Å². The van der Waals surface area contributed by atoms with Crippen molar-refractivity contribution in [2.75, 3.05) is 20.8 Å². The largest absolute Gasteiger partial charge is 0.497 e. The lowest BCUT2D eigenvalue weighted by Crippen LogP contribution is -2.73. The van der Waals surface area contributed by atoms with Gasteiger partial charge in [-0.05, 0) is 49.1 Å². The highest BCUT2D eigenvalue weighted by Gasteiger charge is 2.64. The fourth-order valence-corrected chi connectivity index (χ4v) is 5.23. The van der Waals surface area contributed by atoms with Crippen molar-refractivity contribution < 1.29 is 14.3 Å². The van der Waals surface area contributed by atoms with Gasteiger partial charge in [0.2, 0.25) is 0 Å². The normalized spacial score (nSPS) is 36.5. The van der Waals surface area contributed by atoms with E-state index < -0.39 is 0 Å². The van der Waals surface area contributed by atoms with Crippen LogP contribution in [0.4, 0.5) is 0 Å². The molecule has 118 valence electrons. The number of Topliss-reactive ketones (excluding diaryl/α,β-unsaturated/α-hetero) is 1. The van der Waals surface area contributed by atoms with Gasteiger partial charge in [0.05, 0.1) is 12.7 Å². The van der Waals surface area contributed by atoms with Crippen molar-refractivity contribution in [2.24, 2.45) is 0 Å². The van der Waals surface area contributed by atoms with Gasteiger partial charge in [0, 0.05) is 31.4 Å². The van der Waals surface area contributed by atoms with Crippen LogP contribution in [0.25, 0.3) is 0 Å². The summed E-state index contributed by atoms with van der Waals surface area (Å²) in [7, 11) is 3.51. The van der Waals surface area contributed by atoms with Gasteiger partial charge in [-0.3, -0.25) is 4.79 Å². The Morgan fingerprint density at radius 1 is 1.27 bits per heavy atom. The highest BCUT2D eigenvalue weighted by atomic mass is 16.5. The summed E-state index contributed by atoms with van der Waals surface area (Å²) in [4.78, 5) is 12.3. The Kier molecular flexibility index (Phi) is 3.10. The molecule has 2 bridgehead atoms. The molecule has 1 saturated heterocycles. The lowest BCUT2D eigenvalue weighted by atomic mass is 9.49. The molecule has 0 aromatic heterocycles. The third-order valence-corrected chi connectivity index (χ3v) is 6.21. The smallest absolute Gasteiger partial charge is 0.134 e. The zero-order valence-electron chi connectivity index (χ0n) is 13.3. The van der Waals surface area contributed by atoms with Gasteiger partial charge in [-0.15, -0.1) is 0 Å². The minimum atomic E-state index is -0.265. The maximum Gasteiger partial charge on any atom is 0.134 e. The van der Waals surface area contributed by atoms with Crippen LogP contribution in [0.1, 0.15) is 36.8 Å². The highest BCUT2D eigenvalue weighted by Crippen LogP contribution is 2.57. The van der Waals surface area contributed by atoms with Gasteiger partial charge in [0.15, 0.2) is 0 Å². The number of piperidine rings is 1. The molecular weight excluding hydrogens is 278 g/mol. The number of methoxy groups -OCH3 is 2. The monoisotopic (exact) mass is 301 g/mol. The molecule has 1 aromatic rings. The molecule has 1 aliphatic heterocycles. The van der Waals surface area contributed by atoms with Crippen molar-refractivity contribution >= 4 is 5.78 Å². The van der Waals surface area contributed by atoms with Crippen molar-refractivity contribution in [3.63, 3.8) is 0 Å². The molecule has 3 aliphatic rings. The van der Waals surface area contributed by atoms with Crippen LogP contribution >= 0.6 is 0 Å². The molecule has 4 heteroatoms. The number of nitrogens with one attached hydrogen (secondary N) is 1. The predicted octanol–water partition coefficient (Wildman–Crippen LogP) is 1.99. The summed E-state index contributed by atoms with van der Waals surface area (Å²) in [5, 5.41) is 3.65. The van der Waals surface area contributed by atoms with Crippen molar-refractivity contribution in [3.05, 3.63) is 29.3 Å². The molecule has 1 heterocycles. The molecule has 3 atom stereocenters. The first-order chi connectivity index (χ1) is 10.6. The molecule has 1 saturated carbocycles. The Morgan fingerprint density at radius 3 is 2.91 bits per heavy atom. The van der Waals surface area contributed by atoms with Gasteiger partial charge < -0.3 is 14.8 Å². The Labute approximate surface area is 131 Å². The molecule has 0 amide bonds. The number of ketones is 1. The number of rotatable bonds is 2. The van der Waals surface area contributed by atoms with Crippen LogP contribution in [0, 0.1) is 0 Å². The first-order valence-corrected chi connectivity index (χ1v) is 8.13. The molecule has 0 unspecified atom stereocenters. The summed E-state index contributed by atoms with van der Waals surface area (Å²) >= 11 is 0. The van der Waals surface area contributed by atoms with Crippen LogP contribution in [0.2, 0.25) is 0 Å². The molecule has 22 heavy (non-hydrogen) atoms. The van der Waals surface area contributed by atoms with Crippen molar-refractivity contribution in [1.82, 2.24) is 5.32 Å². The molecule has 4 rings (SSSR count). The topological polar surface area (TPSA) is 47.6 Å². The zero-order chi connectivity index (χ0) is 15.4. The van der Waals surface area contributed by atoms with E-state index >= 15 is 0 Å². The van der Waals surface area contributed by atoms with Crippen LogP contribution in [-0.4, -0.2) is 38.2 Å². The molecule has 1 N–H and O–H groups in total. The average Bonchev–Trinajstić information content (AvgIpc) is 2.54. The molecule has 0 spiro atoms. The summed E-state index contributed by atoms with van der Waals surface area (Å²) < 4.78 is 11.6. The maximum atomic E-state index is 12.3. The van der Waals surface area contributed by atoms with Gasteiger partial charge in [-0.1, -0.05) is 6.07 Å². The van der Waals surface area contributed by atoms with Gasteiger partial charge >= 0.3 is 0 Å². The van der Waals surface area contributed by atoms with Crippen LogP contribution in [0.15, 0.2) is 18.2 Å². The average molecular weight is 301 g/mol. The molecule has 1 aromatic carbocycles. The first kappa shape index (κ1) is 14.2. The van der Waals surface area contributed by atoms with E-state index in [1.54, 1.807) is 7.11 Å². The number of ether oxygens (including phenoxy) is 2. The second-order valence-electron chi connectivity index (χ2n) is 6.88. The van der Waals surface area contributed by atoms with Gasteiger partial charge in [0.1, 0.15) is 11.5 Å². The fourth-order valence-electron chi connectivity index (χ4n) is 5.23. The van der Waals surface area contributed by atoms with Crippen molar-refractivity contribution in [1.29, 1.82) is 0 Å². The summed E-state index contributed by atoms with van der Waals surface area (Å²) in [6.07, 6.45) is 3.95. The van der Waals surface area contributed by atoms with E-state index in [4.69, 9.17) is 9.47 Å². The lowest BCUT2D eigenvalue weighted by Gasteiger charge is -2.62.